The van der Waals surface area contributed by atoms with Crippen LogP contribution in [0, 0.1) is 5.82 Å². The number of halogens is 1. The molecule has 1 aromatic rings. The van der Waals surface area contributed by atoms with Gasteiger partial charge in [-0.15, -0.1) is 0 Å². The molecule has 1 N–H and O–H groups in total. The van der Waals surface area contributed by atoms with Crippen molar-refractivity contribution in [3.8, 4) is 5.75 Å². The fraction of sp³-hybridized carbons (Fsp3) is 0.571. The highest BCUT2D eigenvalue weighted by Crippen LogP contribution is 2.35. The molecule has 0 atom stereocenters. The molecule has 0 amide bonds. The first-order valence-electron chi connectivity index (χ1n) is 6.32. The van der Waals surface area contributed by atoms with Gasteiger partial charge in [-0.3, -0.25) is 0 Å². The molecule has 0 aliphatic carbocycles. The molecular formula is C14H20FNO2. The minimum Gasteiger partial charge on any atom is -0.493 e. The maximum Gasteiger partial charge on any atom is 0.165 e. The van der Waals surface area contributed by atoms with E-state index in [1.54, 1.807) is 7.11 Å². The van der Waals surface area contributed by atoms with Gasteiger partial charge in [0.1, 0.15) is 0 Å². The predicted molar refractivity (Wildman–Crippen MR) is 68.5 cm³/mol. The Bertz CT molecular complexity index is 403. The lowest BCUT2D eigenvalue weighted by Gasteiger charge is -2.25. The molecular weight excluding hydrogens is 233 g/mol. The van der Waals surface area contributed by atoms with Gasteiger partial charge in [0.25, 0.3) is 0 Å². The smallest absolute Gasteiger partial charge is 0.165 e. The third-order valence-corrected chi connectivity index (χ3v) is 3.43. The van der Waals surface area contributed by atoms with Crippen LogP contribution >= 0.6 is 0 Å². The van der Waals surface area contributed by atoms with Gasteiger partial charge < -0.3 is 14.8 Å². The van der Waals surface area contributed by atoms with E-state index in [9.17, 15) is 4.39 Å². The van der Waals surface area contributed by atoms with Crippen LogP contribution in [0.2, 0.25) is 0 Å². The Hall–Kier alpha value is -1.13. The van der Waals surface area contributed by atoms with Crippen LogP contribution < -0.4 is 10.1 Å². The Morgan fingerprint density at radius 3 is 2.61 bits per heavy atom. The highest BCUT2D eigenvalue weighted by molar-refractivity contribution is 5.41. The van der Waals surface area contributed by atoms with E-state index in [2.05, 4.69) is 5.32 Å². The van der Waals surface area contributed by atoms with E-state index in [4.69, 9.17) is 9.47 Å². The zero-order valence-electron chi connectivity index (χ0n) is 11.0. The largest absolute Gasteiger partial charge is 0.493 e. The first-order valence-corrected chi connectivity index (χ1v) is 6.32. The standard InChI is InChI=1S/C14H20FNO2/c1-17-9-10-7-12(11-3-5-16-6-4-11)14(18-2)13(15)8-10/h7-8,11,16H,3-6,9H2,1-2H3. The fourth-order valence-electron chi connectivity index (χ4n) is 2.57. The van der Waals surface area contributed by atoms with Crippen molar-refractivity contribution in [1.82, 2.24) is 5.32 Å². The molecule has 1 heterocycles. The predicted octanol–water partition coefficient (Wildman–Crippen LogP) is 2.45. The molecule has 1 aliphatic rings. The van der Waals surface area contributed by atoms with E-state index in [1.807, 2.05) is 6.07 Å². The van der Waals surface area contributed by atoms with Crippen LogP contribution in [0.5, 0.6) is 5.75 Å². The van der Waals surface area contributed by atoms with Crippen LogP contribution in [-0.2, 0) is 11.3 Å². The third kappa shape index (κ3) is 2.82. The molecule has 4 heteroatoms. The van der Waals surface area contributed by atoms with Gasteiger partial charge in [0, 0.05) is 12.7 Å². The second-order valence-electron chi connectivity index (χ2n) is 4.66. The molecule has 3 nitrogen and oxygen atoms in total. The second-order valence-corrected chi connectivity index (χ2v) is 4.66. The Morgan fingerprint density at radius 2 is 2.00 bits per heavy atom. The Labute approximate surface area is 107 Å². The maximum atomic E-state index is 14.0. The molecule has 0 unspecified atom stereocenters. The Balaban J connectivity index is 2.34. The number of methoxy groups -OCH3 is 2. The first kappa shape index (κ1) is 13.3. The summed E-state index contributed by atoms with van der Waals surface area (Å²) in [4.78, 5) is 0. The zero-order valence-corrected chi connectivity index (χ0v) is 11.0. The third-order valence-electron chi connectivity index (χ3n) is 3.43. The van der Waals surface area contributed by atoms with Gasteiger partial charge >= 0.3 is 0 Å². The summed E-state index contributed by atoms with van der Waals surface area (Å²) in [5, 5.41) is 3.32. The molecule has 0 radical (unpaired) electrons. The van der Waals surface area contributed by atoms with E-state index in [0.717, 1.165) is 37.1 Å². The molecule has 0 spiro atoms. The number of rotatable bonds is 4. The van der Waals surface area contributed by atoms with Crippen molar-refractivity contribution in [3.63, 3.8) is 0 Å². The van der Waals surface area contributed by atoms with Crippen molar-refractivity contribution in [2.75, 3.05) is 27.3 Å². The normalized spacial score (nSPS) is 16.8. The lowest BCUT2D eigenvalue weighted by molar-refractivity contribution is 0.184. The molecule has 0 saturated carbocycles. The zero-order chi connectivity index (χ0) is 13.0. The molecule has 0 bridgehead atoms. The molecule has 1 aromatic carbocycles. The van der Waals surface area contributed by atoms with Gasteiger partial charge in [-0.05, 0) is 49.5 Å². The van der Waals surface area contributed by atoms with E-state index >= 15 is 0 Å². The number of hydrogen-bond acceptors (Lipinski definition) is 3. The molecule has 0 aromatic heterocycles. The molecule has 1 aliphatic heterocycles. The molecule has 2 rings (SSSR count). The quantitative estimate of drug-likeness (QED) is 0.894. The second kappa shape index (κ2) is 6.16. The lowest BCUT2D eigenvalue weighted by atomic mass is 9.88. The Morgan fingerprint density at radius 1 is 1.28 bits per heavy atom. The molecule has 18 heavy (non-hydrogen) atoms. The SMILES string of the molecule is COCc1cc(F)c(OC)c(C2CCNCC2)c1. The van der Waals surface area contributed by atoms with E-state index < -0.39 is 0 Å². The topological polar surface area (TPSA) is 30.5 Å². The van der Waals surface area contributed by atoms with Crippen molar-refractivity contribution in [1.29, 1.82) is 0 Å². The van der Waals surface area contributed by atoms with E-state index in [0.29, 0.717) is 18.3 Å². The van der Waals surface area contributed by atoms with Crippen molar-refractivity contribution >= 4 is 0 Å². The van der Waals surface area contributed by atoms with E-state index in [-0.39, 0.29) is 5.82 Å². The lowest BCUT2D eigenvalue weighted by Crippen LogP contribution is -2.27. The number of ether oxygens (including phenoxy) is 2. The van der Waals surface area contributed by atoms with Crippen molar-refractivity contribution in [2.24, 2.45) is 0 Å². The van der Waals surface area contributed by atoms with Crippen LogP contribution in [0.15, 0.2) is 12.1 Å². The molecule has 1 saturated heterocycles. The fourth-order valence-corrected chi connectivity index (χ4v) is 2.57. The van der Waals surface area contributed by atoms with Crippen LogP contribution in [0.25, 0.3) is 0 Å². The number of nitrogens with one attached hydrogen (secondary N) is 1. The summed E-state index contributed by atoms with van der Waals surface area (Å²) in [6, 6.07) is 3.51. The van der Waals surface area contributed by atoms with Crippen LogP contribution in [0.4, 0.5) is 4.39 Å². The van der Waals surface area contributed by atoms with Crippen LogP contribution in [-0.4, -0.2) is 27.3 Å². The average Bonchev–Trinajstić information content (AvgIpc) is 2.39. The summed E-state index contributed by atoms with van der Waals surface area (Å²) < 4.78 is 24.3. The van der Waals surface area contributed by atoms with Gasteiger partial charge in [0.15, 0.2) is 11.6 Å². The van der Waals surface area contributed by atoms with Crippen molar-refractivity contribution < 1.29 is 13.9 Å². The average molecular weight is 253 g/mol. The van der Waals surface area contributed by atoms with Gasteiger partial charge in [0.2, 0.25) is 0 Å². The highest BCUT2D eigenvalue weighted by atomic mass is 19.1. The van der Waals surface area contributed by atoms with Gasteiger partial charge in [-0.25, -0.2) is 4.39 Å². The monoisotopic (exact) mass is 253 g/mol. The maximum absolute atomic E-state index is 14.0. The molecule has 1 fully saturated rings. The highest BCUT2D eigenvalue weighted by Gasteiger charge is 2.22. The summed E-state index contributed by atoms with van der Waals surface area (Å²) in [5.41, 5.74) is 1.84. The minimum atomic E-state index is -0.291. The summed E-state index contributed by atoms with van der Waals surface area (Å²) >= 11 is 0. The summed E-state index contributed by atoms with van der Waals surface area (Å²) in [6.07, 6.45) is 2.04. The van der Waals surface area contributed by atoms with Gasteiger partial charge in [0.05, 0.1) is 13.7 Å². The minimum absolute atomic E-state index is 0.291. The summed E-state index contributed by atoms with van der Waals surface area (Å²) in [7, 11) is 3.14. The summed E-state index contributed by atoms with van der Waals surface area (Å²) in [5.74, 6) is 0.467. The van der Waals surface area contributed by atoms with Crippen LogP contribution in [0.3, 0.4) is 0 Å². The first-order chi connectivity index (χ1) is 8.76. The van der Waals surface area contributed by atoms with Crippen molar-refractivity contribution in [2.45, 2.75) is 25.4 Å². The number of benzene rings is 1. The van der Waals surface area contributed by atoms with Gasteiger partial charge in [-0.1, -0.05) is 0 Å². The summed E-state index contributed by atoms with van der Waals surface area (Å²) in [6.45, 7) is 2.38. The van der Waals surface area contributed by atoms with Crippen LogP contribution in [0.1, 0.15) is 29.9 Å². The Kier molecular flexibility index (Phi) is 4.55. The van der Waals surface area contributed by atoms with E-state index in [1.165, 1.54) is 13.2 Å². The number of hydrogen-bond donors (Lipinski definition) is 1. The van der Waals surface area contributed by atoms with Crippen molar-refractivity contribution in [3.05, 3.63) is 29.1 Å². The molecule has 100 valence electrons. The van der Waals surface area contributed by atoms with Gasteiger partial charge in [-0.2, -0.15) is 0 Å². The number of piperidine rings is 1.